The maximum absolute atomic E-state index is 5.78. The molecule has 3 heteroatoms. The number of ether oxygens (including phenoxy) is 1. The van der Waals surface area contributed by atoms with Gasteiger partial charge in [-0.15, -0.1) is 0 Å². The van der Waals surface area contributed by atoms with Crippen LogP contribution in [-0.4, -0.2) is 18.1 Å². The van der Waals surface area contributed by atoms with Gasteiger partial charge < -0.3 is 10.1 Å². The first-order valence-corrected chi connectivity index (χ1v) is 6.63. The highest BCUT2D eigenvalue weighted by atomic mass is 16.5. The Bertz CT molecular complexity index is 459. The zero-order valence-corrected chi connectivity index (χ0v) is 11.3. The number of aromatic nitrogens is 1. The summed E-state index contributed by atoms with van der Waals surface area (Å²) in [5.41, 5.74) is 2.27. The van der Waals surface area contributed by atoms with Crippen LogP contribution in [0.4, 0.5) is 0 Å². The summed E-state index contributed by atoms with van der Waals surface area (Å²) in [7, 11) is 0. The fourth-order valence-corrected chi connectivity index (χ4v) is 1.85. The van der Waals surface area contributed by atoms with E-state index in [2.05, 4.69) is 29.4 Å². The highest BCUT2D eigenvalue weighted by Crippen LogP contribution is 2.15. The summed E-state index contributed by atoms with van der Waals surface area (Å²) < 4.78 is 5.78. The van der Waals surface area contributed by atoms with Crippen molar-refractivity contribution in [1.29, 1.82) is 0 Å². The average Bonchev–Trinajstić information content (AvgIpc) is 2.49. The van der Waals surface area contributed by atoms with Crippen LogP contribution < -0.4 is 5.32 Å². The summed E-state index contributed by atoms with van der Waals surface area (Å²) in [5.74, 6) is 0. The van der Waals surface area contributed by atoms with Gasteiger partial charge >= 0.3 is 0 Å². The molecule has 0 saturated heterocycles. The van der Waals surface area contributed by atoms with Crippen molar-refractivity contribution in [2.75, 3.05) is 13.2 Å². The molecule has 0 radical (unpaired) electrons. The van der Waals surface area contributed by atoms with Gasteiger partial charge in [0, 0.05) is 19.3 Å². The van der Waals surface area contributed by atoms with Crippen molar-refractivity contribution in [3.05, 3.63) is 66.0 Å². The lowest BCUT2D eigenvalue weighted by Gasteiger charge is -2.13. The third-order valence-electron chi connectivity index (χ3n) is 2.95. The van der Waals surface area contributed by atoms with Crippen molar-refractivity contribution >= 4 is 0 Å². The molecule has 0 aliphatic rings. The molecule has 2 rings (SSSR count). The molecule has 1 unspecified atom stereocenters. The Kier molecular flexibility index (Phi) is 5.53. The number of nitrogens with one attached hydrogen (secondary N) is 1. The molecule has 0 saturated carbocycles. The SMILES string of the molecule is CC(OCCNCc1ccccn1)c1ccccc1. The predicted octanol–water partition coefficient (Wildman–Crippen LogP) is 2.95. The first-order chi connectivity index (χ1) is 9.36. The number of hydrogen-bond donors (Lipinski definition) is 1. The van der Waals surface area contributed by atoms with Gasteiger partial charge in [-0.2, -0.15) is 0 Å². The van der Waals surface area contributed by atoms with Crippen LogP contribution in [0, 0.1) is 0 Å². The molecular formula is C16H20N2O. The van der Waals surface area contributed by atoms with E-state index in [9.17, 15) is 0 Å². The summed E-state index contributed by atoms with van der Waals surface area (Å²) in [6.45, 7) is 4.38. The topological polar surface area (TPSA) is 34.1 Å². The van der Waals surface area contributed by atoms with Gasteiger partial charge in [0.1, 0.15) is 0 Å². The molecule has 0 fully saturated rings. The lowest BCUT2D eigenvalue weighted by atomic mass is 10.1. The van der Waals surface area contributed by atoms with E-state index in [0.717, 1.165) is 18.8 Å². The Balaban J connectivity index is 1.62. The molecule has 1 aromatic heterocycles. The largest absolute Gasteiger partial charge is 0.373 e. The fourth-order valence-electron chi connectivity index (χ4n) is 1.85. The summed E-state index contributed by atoms with van der Waals surface area (Å²) in [6.07, 6.45) is 1.95. The maximum atomic E-state index is 5.78. The first-order valence-electron chi connectivity index (χ1n) is 6.63. The molecule has 1 atom stereocenters. The van der Waals surface area contributed by atoms with E-state index in [4.69, 9.17) is 4.74 Å². The second-order valence-electron chi connectivity index (χ2n) is 4.42. The number of nitrogens with zero attached hydrogens (tertiary/aromatic N) is 1. The van der Waals surface area contributed by atoms with Crippen LogP contribution in [0.1, 0.15) is 24.3 Å². The quantitative estimate of drug-likeness (QED) is 0.773. The van der Waals surface area contributed by atoms with Gasteiger partial charge in [-0.1, -0.05) is 36.4 Å². The van der Waals surface area contributed by atoms with Gasteiger partial charge in [-0.05, 0) is 24.6 Å². The lowest BCUT2D eigenvalue weighted by Crippen LogP contribution is -2.20. The summed E-state index contributed by atoms with van der Waals surface area (Å²) in [4.78, 5) is 4.26. The van der Waals surface area contributed by atoms with Crippen molar-refractivity contribution in [2.24, 2.45) is 0 Å². The van der Waals surface area contributed by atoms with E-state index in [1.54, 1.807) is 0 Å². The van der Waals surface area contributed by atoms with E-state index < -0.39 is 0 Å². The molecule has 3 nitrogen and oxygen atoms in total. The Labute approximate surface area is 114 Å². The Hall–Kier alpha value is -1.71. The van der Waals surface area contributed by atoms with Crippen molar-refractivity contribution in [1.82, 2.24) is 10.3 Å². The molecule has 0 aliphatic carbocycles. The molecular weight excluding hydrogens is 236 g/mol. The second-order valence-corrected chi connectivity index (χ2v) is 4.42. The molecule has 1 N–H and O–H groups in total. The highest BCUT2D eigenvalue weighted by molar-refractivity contribution is 5.16. The minimum Gasteiger partial charge on any atom is -0.373 e. The van der Waals surface area contributed by atoms with Gasteiger partial charge in [0.05, 0.1) is 18.4 Å². The number of pyridine rings is 1. The highest BCUT2D eigenvalue weighted by Gasteiger charge is 2.03. The van der Waals surface area contributed by atoms with Crippen molar-refractivity contribution in [3.63, 3.8) is 0 Å². The maximum Gasteiger partial charge on any atom is 0.0797 e. The van der Waals surface area contributed by atoms with Gasteiger partial charge in [0.2, 0.25) is 0 Å². The van der Waals surface area contributed by atoms with Crippen molar-refractivity contribution < 1.29 is 4.74 Å². The molecule has 0 spiro atoms. The number of benzene rings is 1. The molecule has 100 valence electrons. The predicted molar refractivity (Wildman–Crippen MR) is 76.8 cm³/mol. The molecule has 0 aliphatic heterocycles. The third kappa shape index (κ3) is 4.81. The van der Waals surface area contributed by atoms with Gasteiger partial charge in [0.15, 0.2) is 0 Å². The summed E-state index contributed by atoms with van der Waals surface area (Å²) in [6, 6.07) is 16.2. The van der Waals surface area contributed by atoms with Crippen molar-refractivity contribution in [3.8, 4) is 0 Å². The smallest absolute Gasteiger partial charge is 0.0797 e. The van der Waals surface area contributed by atoms with Crippen LogP contribution in [0.25, 0.3) is 0 Å². The Morgan fingerprint density at radius 1 is 1.11 bits per heavy atom. The lowest BCUT2D eigenvalue weighted by molar-refractivity contribution is 0.0676. The van der Waals surface area contributed by atoms with E-state index in [-0.39, 0.29) is 6.10 Å². The Morgan fingerprint density at radius 2 is 1.89 bits per heavy atom. The van der Waals surface area contributed by atoms with E-state index in [1.807, 2.05) is 42.6 Å². The third-order valence-corrected chi connectivity index (χ3v) is 2.95. The molecule has 19 heavy (non-hydrogen) atoms. The van der Waals surface area contributed by atoms with Crippen LogP contribution in [0.15, 0.2) is 54.7 Å². The van der Waals surface area contributed by atoms with E-state index in [1.165, 1.54) is 5.56 Å². The van der Waals surface area contributed by atoms with E-state index >= 15 is 0 Å². The van der Waals surface area contributed by atoms with Crippen LogP contribution >= 0.6 is 0 Å². The van der Waals surface area contributed by atoms with Gasteiger partial charge in [-0.25, -0.2) is 0 Å². The number of hydrogen-bond acceptors (Lipinski definition) is 3. The average molecular weight is 256 g/mol. The Morgan fingerprint density at radius 3 is 2.63 bits per heavy atom. The number of rotatable bonds is 7. The first kappa shape index (κ1) is 13.7. The van der Waals surface area contributed by atoms with Crippen molar-refractivity contribution in [2.45, 2.75) is 19.6 Å². The second kappa shape index (κ2) is 7.67. The molecule has 2 aromatic rings. The normalized spacial score (nSPS) is 12.3. The van der Waals surface area contributed by atoms with Crippen LogP contribution in [0.2, 0.25) is 0 Å². The molecule has 1 heterocycles. The summed E-state index contributed by atoms with van der Waals surface area (Å²) >= 11 is 0. The van der Waals surface area contributed by atoms with Gasteiger partial charge in [0.25, 0.3) is 0 Å². The standard InChI is InChI=1S/C16H20N2O/c1-14(15-7-3-2-4-8-15)19-12-11-17-13-16-9-5-6-10-18-16/h2-10,14,17H,11-13H2,1H3. The summed E-state index contributed by atoms with van der Waals surface area (Å²) in [5, 5.41) is 3.32. The zero-order valence-electron chi connectivity index (χ0n) is 11.3. The zero-order chi connectivity index (χ0) is 13.3. The fraction of sp³-hybridized carbons (Fsp3) is 0.312. The van der Waals surface area contributed by atoms with Crippen LogP contribution in [0.3, 0.4) is 0 Å². The monoisotopic (exact) mass is 256 g/mol. The molecule has 0 bridgehead atoms. The van der Waals surface area contributed by atoms with Crippen LogP contribution in [0.5, 0.6) is 0 Å². The van der Waals surface area contributed by atoms with Crippen LogP contribution in [-0.2, 0) is 11.3 Å². The molecule has 0 amide bonds. The van der Waals surface area contributed by atoms with Gasteiger partial charge in [-0.3, -0.25) is 4.98 Å². The minimum absolute atomic E-state index is 0.137. The molecule has 1 aromatic carbocycles. The minimum atomic E-state index is 0.137. The van der Waals surface area contributed by atoms with E-state index in [0.29, 0.717) is 6.61 Å².